The first-order valence-corrected chi connectivity index (χ1v) is 10.9. The Bertz CT molecular complexity index is 1030. The van der Waals surface area contributed by atoms with Gasteiger partial charge < -0.3 is 9.64 Å². The third kappa shape index (κ3) is 4.05. The highest BCUT2D eigenvalue weighted by molar-refractivity contribution is 8.16. The number of halogens is 1. The number of benzene rings is 2. The van der Waals surface area contributed by atoms with Crippen LogP contribution in [0, 0.1) is 5.82 Å². The summed E-state index contributed by atoms with van der Waals surface area (Å²) in [5.74, 6) is -0.691. The molecule has 0 spiro atoms. The van der Waals surface area contributed by atoms with Crippen LogP contribution in [-0.2, 0) is 16.0 Å². The third-order valence-corrected chi connectivity index (χ3v) is 6.08. The Morgan fingerprint density at radius 2 is 1.87 bits per heavy atom. The zero-order valence-corrected chi connectivity index (χ0v) is 17.8. The number of amidine groups is 1. The van der Waals surface area contributed by atoms with E-state index in [1.165, 1.54) is 17.7 Å². The second-order valence-electron chi connectivity index (χ2n) is 7.15. The molecule has 2 heterocycles. The zero-order valence-electron chi connectivity index (χ0n) is 17.0. The van der Waals surface area contributed by atoms with Crippen molar-refractivity contribution in [2.24, 2.45) is 4.99 Å². The van der Waals surface area contributed by atoms with Crippen LogP contribution < -0.4 is 0 Å². The topological polar surface area (TPSA) is 41.9 Å². The van der Waals surface area contributed by atoms with Crippen LogP contribution in [0.15, 0.2) is 82.0 Å². The lowest BCUT2D eigenvalue weighted by atomic mass is 9.93. The normalized spacial score (nSPS) is 18.1. The fourth-order valence-corrected chi connectivity index (χ4v) is 4.77. The van der Waals surface area contributed by atoms with Gasteiger partial charge in [0.25, 0.3) is 0 Å². The minimum Gasteiger partial charge on any atom is -0.463 e. The molecule has 0 aromatic heterocycles. The van der Waals surface area contributed by atoms with Gasteiger partial charge in [-0.25, -0.2) is 14.2 Å². The average Bonchev–Trinajstić information content (AvgIpc) is 3.15. The van der Waals surface area contributed by atoms with Crippen molar-refractivity contribution in [3.63, 3.8) is 0 Å². The molecule has 4 rings (SSSR count). The molecular weight excluding hydrogens is 399 g/mol. The van der Waals surface area contributed by atoms with Crippen molar-refractivity contribution in [3.05, 3.63) is 93.9 Å². The Hall–Kier alpha value is -2.86. The quantitative estimate of drug-likeness (QED) is 0.569. The predicted molar refractivity (Wildman–Crippen MR) is 118 cm³/mol. The van der Waals surface area contributed by atoms with Crippen LogP contribution in [0.3, 0.4) is 0 Å². The highest BCUT2D eigenvalue weighted by atomic mass is 32.2. The van der Waals surface area contributed by atoms with Crippen LogP contribution in [0.4, 0.5) is 4.39 Å². The summed E-state index contributed by atoms with van der Waals surface area (Å²) in [6, 6.07) is 16.2. The van der Waals surface area contributed by atoms with Crippen LogP contribution >= 0.6 is 11.8 Å². The number of aliphatic imine (C=N–C) groups is 1. The number of ether oxygens (including phenoxy) is 1. The predicted octanol–water partition coefficient (Wildman–Crippen LogP) is 5.60. The van der Waals surface area contributed by atoms with Gasteiger partial charge in [-0.1, -0.05) is 54.2 Å². The summed E-state index contributed by atoms with van der Waals surface area (Å²) in [4.78, 5) is 19.6. The molecule has 6 heteroatoms. The monoisotopic (exact) mass is 422 g/mol. The number of carbonyl (C=O) groups excluding carboxylic acids is 1. The number of carbonyl (C=O) groups is 1. The lowest BCUT2D eigenvalue weighted by Crippen LogP contribution is -2.36. The van der Waals surface area contributed by atoms with Crippen molar-refractivity contribution < 1.29 is 13.9 Å². The number of thioether (sulfide) groups is 1. The Balaban J connectivity index is 1.70. The van der Waals surface area contributed by atoms with Crippen molar-refractivity contribution in [1.82, 2.24) is 4.90 Å². The van der Waals surface area contributed by atoms with E-state index < -0.39 is 6.04 Å². The van der Waals surface area contributed by atoms with Crippen molar-refractivity contribution in [3.8, 4) is 0 Å². The van der Waals surface area contributed by atoms with Crippen molar-refractivity contribution in [1.29, 1.82) is 0 Å². The summed E-state index contributed by atoms with van der Waals surface area (Å²) in [6.07, 6.45) is 1.69. The molecule has 0 aliphatic carbocycles. The van der Waals surface area contributed by atoms with E-state index in [-0.39, 0.29) is 18.4 Å². The Labute approximate surface area is 180 Å². The fourth-order valence-electron chi connectivity index (χ4n) is 3.77. The first-order valence-electron chi connectivity index (χ1n) is 9.99. The van der Waals surface area contributed by atoms with E-state index in [0.29, 0.717) is 11.3 Å². The van der Waals surface area contributed by atoms with Gasteiger partial charge in [-0.05, 0) is 55.4 Å². The van der Waals surface area contributed by atoms with Crippen LogP contribution in [0.1, 0.15) is 37.4 Å². The number of fused-ring (bicyclic) bond motifs is 1. The SMILES string of the molecule is CCOC(=O)C1=C(C)N=C2SC=C(CCc3ccccc3)N2C1c1ccc(F)cc1. The van der Waals surface area contributed by atoms with Gasteiger partial charge in [0.05, 0.1) is 23.9 Å². The molecule has 0 amide bonds. The lowest BCUT2D eigenvalue weighted by Gasteiger charge is -2.36. The van der Waals surface area contributed by atoms with Crippen LogP contribution in [0.25, 0.3) is 0 Å². The molecule has 0 saturated heterocycles. The molecule has 1 atom stereocenters. The van der Waals surface area contributed by atoms with E-state index in [4.69, 9.17) is 4.74 Å². The molecule has 154 valence electrons. The van der Waals surface area contributed by atoms with Crippen molar-refractivity contribution >= 4 is 22.9 Å². The molecule has 0 bridgehead atoms. The molecule has 0 radical (unpaired) electrons. The summed E-state index contributed by atoms with van der Waals surface area (Å²) in [5.41, 5.74) is 4.31. The Kier molecular flexibility index (Phi) is 6.04. The first kappa shape index (κ1) is 20.4. The summed E-state index contributed by atoms with van der Waals surface area (Å²) in [7, 11) is 0. The number of hydrogen-bond donors (Lipinski definition) is 0. The van der Waals surface area contributed by atoms with Crippen molar-refractivity contribution in [2.75, 3.05) is 6.61 Å². The summed E-state index contributed by atoms with van der Waals surface area (Å²) < 4.78 is 19.0. The van der Waals surface area contributed by atoms with Crippen LogP contribution in [0.2, 0.25) is 0 Å². The molecule has 30 heavy (non-hydrogen) atoms. The molecule has 0 N–H and O–H groups in total. The van der Waals surface area contributed by atoms with Gasteiger partial charge in [-0.3, -0.25) is 0 Å². The number of rotatable bonds is 6. The standard InChI is InChI=1S/C24H23FN2O2S/c1-3-29-23(28)21-16(2)26-24-27(22(21)18-10-12-19(25)13-11-18)20(15-30-24)14-9-17-7-5-4-6-8-17/h4-8,10-13,15,22H,3,9,14H2,1-2H3. The minimum atomic E-state index is -0.394. The molecule has 2 aromatic carbocycles. The maximum atomic E-state index is 13.6. The molecule has 2 aliphatic rings. The number of nitrogens with zero attached hydrogens (tertiary/aromatic N) is 2. The largest absolute Gasteiger partial charge is 0.463 e. The highest BCUT2D eigenvalue weighted by Crippen LogP contribution is 2.45. The summed E-state index contributed by atoms with van der Waals surface area (Å²) in [6.45, 7) is 3.90. The molecule has 2 aliphatic heterocycles. The molecule has 0 fully saturated rings. The maximum Gasteiger partial charge on any atom is 0.338 e. The molecule has 1 unspecified atom stereocenters. The van der Waals surface area contributed by atoms with E-state index in [1.54, 1.807) is 30.8 Å². The van der Waals surface area contributed by atoms with Gasteiger partial charge in [0.15, 0.2) is 5.17 Å². The van der Waals surface area contributed by atoms with E-state index in [9.17, 15) is 9.18 Å². The fraction of sp³-hybridized carbons (Fsp3) is 0.250. The number of allylic oxidation sites excluding steroid dienone is 2. The maximum absolute atomic E-state index is 13.6. The average molecular weight is 423 g/mol. The van der Waals surface area contributed by atoms with E-state index >= 15 is 0 Å². The minimum absolute atomic E-state index is 0.285. The number of hydrogen-bond acceptors (Lipinski definition) is 5. The van der Waals surface area contributed by atoms with Gasteiger partial charge in [0.1, 0.15) is 5.82 Å². The molecular formula is C24H23FN2O2S. The van der Waals surface area contributed by atoms with E-state index in [2.05, 4.69) is 27.4 Å². The van der Waals surface area contributed by atoms with Gasteiger partial charge in [0, 0.05) is 5.70 Å². The molecule has 4 nitrogen and oxygen atoms in total. The second kappa shape index (κ2) is 8.88. The first-order chi connectivity index (χ1) is 14.6. The molecule has 2 aromatic rings. The van der Waals surface area contributed by atoms with E-state index in [0.717, 1.165) is 29.3 Å². The number of esters is 1. The van der Waals surface area contributed by atoms with Gasteiger partial charge >= 0.3 is 5.97 Å². The van der Waals surface area contributed by atoms with Crippen LogP contribution in [0.5, 0.6) is 0 Å². The van der Waals surface area contributed by atoms with Crippen molar-refractivity contribution in [2.45, 2.75) is 32.7 Å². The van der Waals surface area contributed by atoms with Crippen LogP contribution in [-0.4, -0.2) is 22.6 Å². The number of aryl methyl sites for hydroxylation is 1. The highest BCUT2D eigenvalue weighted by Gasteiger charge is 2.40. The molecule has 0 saturated carbocycles. The lowest BCUT2D eigenvalue weighted by molar-refractivity contribution is -0.139. The smallest absolute Gasteiger partial charge is 0.338 e. The second-order valence-corrected chi connectivity index (χ2v) is 7.99. The van der Waals surface area contributed by atoms with Gasteiger partial charge in [-0.15, -0.1) is 0 Å². The van der Waals surface area contributed by atoms with Gasteiger partial charge in [-0.2, -0.15) is 0 Å². The Morgan fingerprint density at radius 3 is 2.57 bits per heavy atom. The Morgan fingerprint density at radius 1 is 1.13 bits per heavy atom. The zero-order chi connectivity index (χ0) is 21.1. The van der Waals surface area contributed by atoms with Gasteiger partial charge in [0.2, 0.25) is 0 Å². The summed E-state index contributed by atoms with van der Waals surface area (Å²) >= 11 is 1.56. The third-order valence-electron chi connectivity index (χ3n) is 5.19. The van der Waals surface area contributed by atoms with E-state index in [1.807, 2.05) is 25.1 Å². The summed E-state index contributed by atoms with van der Waals surface area (Å²) in [5, 5.41) is 2.93.